The molecule has 1 atom stereocenters. The summed E-state index contributed by atoms with van der Waals surface area (Å²) in [5.74, 6) is 0.955. The second-order valence-corrected chi connectivity index (χ2v) is 3.01. The van der Waals surface area contributed by atoms with Gasteiger partial charge in [-0.25, -0.2) is 0 Å². The lowest BCUT2D eigenvalue weighted by atomic mass is 10.0. The van der Waals surface area contributed by atoms with Gasteiger partial charge in [0.05, 0.1) is 0 Å². The van der Waals surface area contributed by atoms with Crippen LogP contribution in [-0.2, 0) is 0 Å². The van der Waals surface area contributed by atoms with E-state index in [0.717, 1.165) is 5.92 Å². The van der Waals surface area contributed by atoms with Gasteiger partial charge in [-0.15, -0.1) is 0 Å². The number of rotatable bonds is 5. The topological polar surface area (TPSA) is 0 Å². The maximum absolute atomic E-state index is 2.34. The van der Waals surface area contributed by atoms with Crippen molar-refractivity contribution in [1.82, 2.24) is 0 Å². The van der Waals surface area contributed by atoms with Gasteiger partial charge in [0.25, 0.3) is 0 Å². The molecule has 0 saturated carbocycles. The minimum absolute atomic E-state index is 0. The molecule has 0 heteroatoms. The predicted octanol–water partition coefficient (Wildman–Crippen LogP) is 4.25. The van der Waals surface area contributed by atoms with Crippen LogP contribution < -0.4 is 0 Å². The molecule has 64 valence electrons. The van der Waals surface area contributed by atoms with Crippen molar-refractivity contribution in [3.05, 3.63) is 0 Å². The van der Waals surface area contributed by atoms with Gasteiger partial charge in [0, 0.05) is 0 Å². The van der Waals surface area contributed by atoms with Gasteiger partial charge in [-0.2, -0.15) is 0 Å². The van der Waals surface area contributed by atoms with E-state index in [2.05, 4.69) is 20.8 Å². The zero-order chi connectivity index (χ0) is 7.11. The number of hydrogen-bond donors (Lipinski definition) is 0. The lowest BCUT2D eigenvalue weighted by Gasteiger charge is -2.05. The second-order valence-electron chi connectivity index (χ2n) is 3.01. The van der Waals surface area contributed by atoms with E-state index >= 15 is 0 Å². The Labute approximate surface area is 67.0 Å². The van der Waals surface area contributed by atoms with Crippen LogP contribution in [0.5, 0.6) is 0 Å². The molecule has 0 heterocycles. The lowest BCUT2D eigenvalue weighted by Crippen LogP contribution is -1.90. The first-order chi connectivity index (χ1) is 4.31. The van der Waals surface area contributed by atoms with Gasteiger partial charge in [-0.1, -0.05) is 60.3 Å². The summed E-state index contributed by atoms with van der Waals surface area (Å²) in [6, 6.07) is 0. The lowest BCUT2D eigenvalue weighted by molar-refractivity contribution is 0.482. The van der Waals surface area contributed by atoms with E-state index in [4.69, 9.17) is 0 Å². The molecule has 0 unspecified atom stereocenters. The molecule has 0 amide bonds. The molecule has 0 rings (SSSR count). The zero-order valence-electron chi connectivity index (χ0n) is 7.11. The quantitative estimate of drug-likeness (QED) is 0.506. The molecular weight excluding hydrogens is 120 g/mol. The third-order valence-corrected chi connectivity index (χ3v) is 2.00. The van der Waals surface area contributed by atoms with E-state index in [1.165, 1.54) is 32.1 Å². The van der Waals surface area contributed by atoms with E-state index < -0.39 is 0 Å². The predicted molar refractivity (Wildman–Crippen MR) is 50.3 cm³/mol. The van der Waals surface area contributed by atoms with Crippen molar-refractivity contribution in [3.63, 3.8) is 0 Å². The van der Waals surface area contributed by atoms with E-state index in [1.54, 1.807) is 0 Å². The van der Waals surface area contributed by atoms with Gasteiger partial charge in [0.15, 0.2) is 0 Å². The third-order valence-electron chi connectivity index (χ3n) is 2.00. The van der Waals surface area contributed by atoms with Crippen molar-refractivity contribution in [2.75, 3.05) is 0 Å². The van der Waals surface area contributed by atoms with Crippen LogP contribution in [0.15, 0.2) is 0 Å². The smallest absolute Gasteiger partial charge is 0.0445 e. The molecule has 10 heavy (non-hydrogen) atoms. The molecule has 0 bridgehead atoms. The molecule has 0 nitrogen and oxygen atoms in total. The van der Waals surface area contributed by atoms with Crippen molar-refractivity contribution in [2.45, 2.75) is 60.3 Å². The molecule has 0 saturated heterocycles. The van der Waals surface area contributed by atoms with Crippen molar-refractivity contribution in [1.29, 1.82) is 0 Å². The van der Waals surface area contributed by atoms with Crippen LogP contribution in [0.1, 0.15) is 60.3 Å². The SMILES string of the molecule is C.CCCCC[C@@H](C)CC. The number of hydrogen-bond acceptors (Lipinski definition) is 0. The Kier molecular flexibility index (Phi) is 11.4. The molecule has 0 N–H and O–H groups in total. The maximum Gasteiger partial charge on any atom is -0.0445 e. The highest BCUT2D eigenvalue weighted by Crippen LogP contribution is 2.11. The highest BCUT2D eigenvalue weighted by molar-refractivity contribution is 4.49. The Bertz CT molecular complexity index is 48.0. The Morgan fingerprint density at radius 3 is 2.10 bits per heavy atom. The van der Waals surface area contributed by atoms with Crippen LogP contribution in [0.2, 0.25) is 0 Å². The molecule has 0 aromatic heterocycles. The summed E-state index contributed by atoms with van der Waals surface area (Å²) >= 11 is 0. The van der Waals surface area contributed by atoms with Crippen LogP contribution in [-0.4, -0.2) is 0 Å². The monoisotopic (exact) mass is 144 g/mol. The molecule has 0 aromatic carbocycles. The van der Waals surface area contributed by atoms with Gasteiger partial charge < -0.3 is 0 Å². The summed E-state index contributed by atoms with van der Waals surface area (Å²) in [4.78, 5) is 0. The van der Waals surface area contributed by atoms with Crippen LogP contribution >= 0.6 is 0 Å². The van der Waals surface area contributed by atoms with E-state index in [1.807, 2.05) is 0 Å². The Balaban J connectivity index is 0. The van der Waals surface area contributed by atoms with E-state index in [-0.39, 0.29) is 7.43 Å². The minimum Gasteiger partial charge on any atom is -0.0776 e. The van der Waals surface area contributed by atoms with Crippen LogP contribution in [0.3, 0.4) is 0 Å². The molecule has 0 aliphatic rings. The minimum atomic E-state index is 0. The van der Waals surface area contributed by atoms with Gasteiger partial charge in [-0.05, 0) is 5.92 Å². The number of unbranched alkanes of at least 4 members (excludes halogenated alkanes) is 2. The van der Waals surface area contributed by atoms with E-state index in [0.29, 0.717) is 0 Å². The van der Waals surface area contributed by atoms with Crippen molar-refractivity contribution < 1.29 is 0 Å². The first-order valence-electron chi connectivity index (χ1n) is 4.31. The third kappa shape index (κ3) is 8.00. The summed E-state index contributed by atoms with van der Waals surface area (Å²) in [5.41, 5.74) is 0. The molecule has 0 aliphatic heterocycles. The fourth-order valence-corrected chi connectivity index (χ4v) is 0.947. The van der Waals surface area contributed by atoms with Gasteiger partial charge in [0.2, 0.25) is 0 Å². The van der Waals surface area contributed by atoms with Crippen LogP contribution in [0, 0.1) is 5.92 Å². The molecular formula is C10H24. The van der Waals surface area contributed by atoms with Crippen LogP contribution in [0.25, 0.3) is 0 Å². The molecule has 0 radical (unpaired) electrons. The fourth-order valence-electron chi connectivity index (χ4n) is 0.947. The van der Waals surface area contributed by atoms with Gasteiger partial charge in [-0.3, -0.25) is 0 Å². The van der Waals surface area contributed by atoms with Gasteiger partial charge in [0.1, 0.15) is 0 Å². The van der Waals surface area contributed by atoms with Crippen molar-refractivity contribution >= 4 is 0 Å². The normalized spacial score (nSPS) is 12.3. The first-order valence-corrected chi connectivity index (χ1v) is 4.31. The summed E-state index contributed by atoms with van der Waals surface area (Å²) in [6.45, 7) is 6.88. The van der Waals surface area contributed by atoms with E-state index in [9.17, 15) is 0 Å². The van der Waals surface area contributed by atoms with Crippen LogP contribution in [0.4, 0.5) is 0 Å². The van der Waals surface area contributed by atoms with Crippen molar-refractivity contribution in [3.8, 4) is 0 Å². The standard InChI is InChI=1S/C9H20.CH4/c1-4-6-7-8-9(3)5-2;/h9H,4-8H2,1-3H3;1H4/t9-;/m0./s1. The fraction of sp³-hybridized carbons (Fsp3) is 1.00. The highest BCUT2D eigenvalue weighted by atomic mass is 14.0. The average Bonchev–Trinajstić information content (AvgIpc) is 1.89. The molecule has 0 fully saturated rings. The molecule has 0 aliphatic carbocycles. The first kappa shape index (κ1) is 12.7. The second kappa shape index (κ2) is 9.00. The Hall–Kier alpha value is 0. The highest BCUT2D eigenvalue weighted by Gasteiger charge is 1.95. The Morgan fingerprint density at radius 1 is 1.10 bits per heavy atom. The molecule has 0 spiro atoms. The van der Waals surface area contributed by atoms with Gasteiger partial charge >= 0.3 is 0 Å². The molecule has 0 aromatic rings. The summed E-state index contributed by atoms with van der Waals surface area (Å²) < 4.78 is 0. The Morgan fingerprint density at radius 2 is 1.70 bits per heavy atom. The summed E-state index contributed by atoms with van der Waals surface area (Å²) in [6.07, 6.45) is 7.00. The average molecular weight is 144 g/mol. The summed E-state index contributed by atoms with van der Waals surface area (Å²) in [7, 11) is 0. The zero-order valence-corrected chi connectivity index (χ0v) is 7.11. The largest absolute Gasteiger partial charge is 0.0776 e. The summed E-state index contributed by atoms with van der Waals surface area (Å²) in [5, 5.41) is 0. The maximum atomic E-state index is 2.34. The van der Waals surface area contributed by atoms with Crippen molar-refractivity contribution in [2.24, 2.45) is 5.92 Å².